The highest BCUT2D eigenvalue weighted by Gasteiger charge is 2.36. The lowest BCUT2D eigenvalue weighted by Gasteiger charge is -2.11. The van der Waals surface area contributed by atoms with E-state index < -0.39 is 12.1 Å². The highest BCUT2D eigenvalue weighted by atomic mass is 16.6. The second-order valence-corrected chi connectivity index (χ2v) is 7.86. The smallest absolute Gasteiger partial charge is 0.305 e. The summed E-state index contributed by atoms with van der Waals surface area (Å²) < 4.78 is 15.3. The number of aliphatic hydroxyl groups excluding tert-OH is 1. The number of esters is 2. The van der Waals surface area contributed by atoms with Crippen LogP contribution in [0.5, 0.6) is 0 Å². The number of aliphatic hydroxyl groups is 1. The molecular formula is C23H40O6. The van der Waals surface area contributed by atoms with Crippen molar-refractivity contribution in [1.29, 1.82) is 0 Å². The molecule has 1 saturated heterocycles. The fraction of sp³-hybridized carbons (Fsp3) is 0.826. The minimum absolute atomic E-state index is 0.135. The second-order valence-electron chi connectivity index (χ2n) is 7.86. The average molecular weight is 413 g/mol. The molecule has 1 N–H and O–H groups in total. The highest BCUT2D eigenvalue weighted by Crippen LogP contribution is 2.30. The van der Waals surface area contributed by atoms with Crippen LogP contribution in [0, 0.1) is 0 Å². The molecule has 0 spiro atoms. The first kappa shape index (κ1) is 25.6. The summed E-state index contributed by atoms with van der Waals surface area (Å²) >= 11 is 0. The first-order chi connectivity index (χ1) is 14.0. The van der Waals surface area contributed by atoms with Gasteiger partial charge in [0, 0.05) is 13.3 Å². The fourth-order valence-corrected chi connectivity index (χ4v) is 3.17. The Labute approximate surface area is 176 Å². The van der Waals surface area contributed by atoms with Crippen LogP contribution in [0.25, 0.3) is 0 Å². The van der Waals surface area contributed by atoms with Crippen LogP contribution in [0.15, 0.2) is 12.2 Å². The maximum atomic E-state index is 11.6. The third-order valence-electron chi connectivity index (χ3n) is 4.98. The quantitative estimate of drug-likeness (QED) is 0.155. The molecule has 0 aromatic carbocycles. The van der Waals surface area contributed by atoms with Gasteiger partial charge in [0.2, 0.25) is 0 Å². The van der Waals surface area contributed by atoms with Crippen molar-refractivity contribution in [1.82, 2.24) is 0 Å². The normalized spacial score (nSPS) is 19.3. The van der Waals surface area contributed by atoms with Gasteiger partial charge in [0.15, 0.2) is 0 Å². The number of carbonyl (C=O) groups is 2. The fourth-order valence-electron chi connectivity index (χ4n) is 3.17. The summed E-state index contributed by atoms with van der Waals surface area (Å²) in [7, 11) is 0. The molecule has 3 atom stereocenters. The van der Waals surface area contributed by atoms with Crippen molar-refractivity contribution in [3.63, 3.8) is 0 Å². The largest absolute Gasteiger partial charge is 0.463 e. The van der Waals surface area contributed by atoms with Crippen LogP contribution in [-0.4, -0.2) is 48.6 Å². The topological polar surface area (TPSA) is 85.4 Å². The monoisotopic (exact) mass is 412 g/mol. The van der Waals surface area contributed by atoms with E-state index in [4.69, 9.17) is 9.47 Å². The molecule has 0 saturated carbocycles. The van der Waals surface area contributed by atoms with E-state index in [1.54, 1.807) is 0 Å². The van der Waals surface area contributed by atoms with Crippen LogP contribution in [-0.2, 0) is 23.8 Å². The van der Waals surface area contributed by atoms with E-state index in [0.29, 0.717) is 18.6 Å². The number of hydrogen-bond acceptors (Lipinski definition) is 6. The molecule has 6 nitrogen and oxygen atoms in total. The van der Waals surface area contributed by atoms with Gasteiger partial charge in [0.05, 0.1) is 12.2 Å². The SMILES string of the molecule is CCCCCC1OC1C/C=C\CCCCCCCC(=O)OC[C@@H](O)COC(C)=O. The summed E-state index contributed by atoms with van der Waals surface area (Å²) in [5.41, 5.74) is 0. The first-order valence-corrected chi connectivity index (χ1v) is 11.3. The predicted molar refractivity (Wildman–Crippen MR) is 112 cm³/mol. The minimum Gasteiger partial charge on any atom is -0.463 e. The van der Waals surface area contributed by atoms with Gasteiger partial charge in [0.25, 0.3) is 0 Å². The van der Waals surface area contributed by atoms with Crippen molar-refractivity contribution >= 4 is 11.9 Å². The van der Waals surface area contributed by atoms with E-state index in [2.05, 4.69) is 23.8 Å². The van der Waals surface area contributed by atoms with Crippen LogP contribution in [0.4, 0.5) is 0 Å². The molecule has 6 heteroatoms. The third kappa shape index (κ3) is 15.1. The van der Waals surface area contributed by atoms with Crippen molar-refractivity contribution in [2.75, 3.05) is 13.2 Å². The van der Waals surface area contributed by atoms with Crippen molar-refractivity contribution in [3.8, 4) is 0 Å². The Morgan fingerprint density at radius 3 is 2.45 bits per heavy atom. The molecule has 0 aromatic heterocycles. The van der Waals surface area contributed by atoms with Gasteiger partial charge in [-0.2, -0.15) is 0 Å². The average Bonchev–Trinajstić information content (AvgIpc) is 3.44. The van der Waals surface area contributed by atoms with E-state index in [0.717, 1.165) is 32.1 Å². The van der Waals surface area contributed by atoms with Crippen molar-refractivity contribution in [3.05, 3.63) is 12.2 Å². The lowest BCUT2D eigenvalue weighted by Crippen LogP contribution is -2.24. The molecule has 0 radical (unpaired) electrons. The first-order valence-electron chi connectivity index (χ1n) is 11.3. The van der Waals surface area contributed by atoms with Gasteiger partial charge in [-0.05, 0) is 32.1 Å². The molecule has 0 aliphatic carbocycles. The summed E-state index contributed by atoms with van der Waals surface area (Å²) in [6.07, 6.45) is 17.4. The summed E-state index contributed by atoms with van der Waals surface area (Å²) in [6.45, 7) is 3.21. The number of hydrogen-bond donors (Lipinski definition) is 1. The lowest BCUT2D eigenvalue weighted by atomic mass is 10.1. The van der Waals surface area contributed by atoms with Gasteiger partial charge in [-0.15, -0.1) is 0 Å². The van der Waals surface area contributed by atoms with Gasteiger partial charge in [-0.1, -0.05) is 57.6 Å². The number of allylic oxidation sites excluding steroid dienone is 1. The number of carbonyl (C=O) groups excluding carboxylic acids is 2. The van der Waals surface area contributed by atoms with Crippen molar-refractivity contribution in [2.45, 2.75) is 109 Å². The van der Waals surface area contributed by atoms with Crippen LogP contribution >= 0.6 is 0 Å². The molecule has 0 amide bonds. The summed E-state index contributed by atoms with van der Waals surface area (Å²) in [6, 6.07) is 0. The van der Waals surface area contributed by atoms with Gasteiger partial charge in [0.1, 0.15) is 19.3 Å². The van der Waals surface area contributed by atoms with E-state index in [1.165, 1.54) is 45.4 Å². The van der Waals surface area contributed by atoms with Crippen molar-refractivity contribution in [2.24, 2.45) is 0 Å². The Kier molecular flexibility index (Phi) is 14.5. The number of rotatable bonds is 18. The Balaban J connectivity index is 1.84. The molecule has 2 unspecified atom stereocenters. The Hall–Kier alpha value is -1.40. The van der Waals surface area contributed by atoms with E-state index in [1.807, 2.05) is 0 Å². The summed E-state index contributed by atoms with van der Waals surface area (Å²) in [4.78, 5) is 22.2. The number of ether oxygens (including phenoxy) is 3. The van der Waals surface area contributed by atoms with Crippen LogP contribution in [0.3, 0.4) is 0 Å². The summed E-state index contributed by atoms with van der Waals surface area (Å²) in [5, 5.41) is 9.50. The van der Waals surface area contributed by atoms with E-state index in [9.17, 15) is 14.7 Å². The molecule has 0 aromatic rings. The van der Waals surface area contributed by atoms with Gasteiger partial charge >= 0.3 is 11.9 Å². The molecule has 29 heavy (non-hydrogen) atoms. The third-order valence-corrected chi connectivity index (χ3v) is 4.98. The Bertz CT molecular complexity index is 476. The molecule has 1 rings (SSSR count). The summed E-state index contributed by atoms with van der Waals surface area (Å²) in [5.74, 6) is -0.778. The molecule has 1 fully saturated rings. The second kappa shape index (κ2) is 16.4. The molecule has 1 aliphatic heterocycles. The molecular weight excluding hydrogens is 372 g/mol. The zero-order chi connectivity index (χ0) is 21.3. The van der Waals surface area contributed by atoms with Crippen LogP contribution in [0.1, 0.15) is 90.9 Å². The van der Waals surface area contributed by atoms with Crippen LogP contribution in [0.2, 0.25) is 0 Å². The minimum atomic E-state index is -0.964. The predicted octanol–water partition coefficient (Wildman–Crippen LogP) is 4.48. The van der Waals surface area contributed by atoms with Gasteiger partial charge in [-0.25, -0.2) is 0 Å². The maximum absolute atomic E-state index is 11.6. The van der Waals surface area contributed by atoms with Crippen molar-refractivity contribution < 1.29 is 28.9 Å². The number of unbranched alkanes of at least 4 members (excludes halogenated alkanes) is 7. The van der Waals surface area contributed by atoms with E-state index in [-0.39, 0.29) is 19.2 Å². The van der Waals surface area contributed by atoms with Gasteiger partial charge in [-0.3, -0.25) is 9.59 Å². The zero-order valence-corrected chi connectivity index (χ0v) is 18.3. The van der Waals surface area contributed by atoms with Crippen LogP contribution < -0.4 is 0 Å². The lowest BCUT2D eigenvalue weighted by molar-refractivity contribution is -0.151. The maximum Gasteiger partial charge on any atom is 0.305 e. The Morgan fingerprint density at radius 2 is 1.69 bits per heavy atom. The molecule has 168 valence electrons. The zero-order valence-electron chi connectivity index (χ0n) is 18.3. The molecule has 0 bridgehead atoms. The highest BCUT2D eigenvalue weighted by molar-refractivity contribution is 5.69. The molecule has 1 aliphatic rings. The number of epoxide rings is 1. The Morgan fingerprint density at radius 1 is 0.966 bits per heavy atom. The van der Waals surface area contributed by atoms with E-state index >= 15 is 0 Å². The van der Waals surface area contributed by atoms with Gasteiger partial charge < -0.3 is 19.3 Å². The standard InChI is InChI=1S/C23H40O6/c1-3-4-11-14-21-22(29-21)15-12-9-7-5-6-8-10-13-16-23(26)28-18-20(25)17-27-19(2)24/h9,12,20-22,25H,3-8,10-11,13-18H2,1-2H3/b12-9-/t20-,21?,22?/m0/s1. The molecule has 1 heterocycles.